The number of nitrogens with one attached hydrogen (secondary N) is 1. The molecule has 22 heavy (non-hydrogen) atoms. The minimum Gasteiger partial charge on any atom is -0.320 e. The number of nitrogens with zero attached hydrogens (tertiary/aromatic N) is 3. The van der Waals surface area contributed by atoms with E-state index in [0.29, 0.717) is 17.1 Å². The van der Waals surface area contributed by atoms with Crippen molar-refractivity contribution in [2.24, 2.45) is 0 Å². The van der Waals surface area contributed by atoms with E-state index in [1.54, 1.807) is 43.7 Å². The van der Waals surface area contributed by atoms with E-state index in [2.05, 4.69) is 15.4 Å². The van der Waals surface area contributed by atoms with Gasteiger partial charge in [0.15, 0.2) is 0 Å². The van der Waals surface area contributed by atoms with Crippen molar-refractivity contribution in [1.29, 1.82) is 0 Å². The van der Waals surface area contributed by atoms with E-state index in [4.69, 9.17) is 0 Å². The van der Waals surface area contributed by atoms with Crippen LogP contribution in [0.2, 0.25) is 0 Å². The minimum atomic E-state index is -0.482. The van der Waals surface area contributed by atoms with E-state index in [1.165, 1.54) is 22.9 Å². The van der Waals surface area contributed by atoms with E-state index >= 15 is 0 Å². The maximum Gasteiger partial charge on any atom is 0.258 e. The van der Waals surface area contributed by atoms with Crippen molar-refractivity contribution < 1.29 is 9.18 Å². The van der Waals surface area contributed by atoms with Gasteiger partial charge in [0.1, 0.15) is 5.82 Å². The van der Waals surface area contributed by atoms with E-state index in [0.717, 1.165) is 0 Å². The Kier molecular flexibility index (Phi) is 3.65. The van der Waals surface area contributed by atoms with Crippen molar-refractivity contribution >= 4 is 11.6 Å². The first-order chi connectivity index (χ1) is 10.6. The third-order valence-corrected chi connectivity index (χ3v) is 3.21. The Morgan fingerprint density at radius 1 is 1.23 bits per heavy atom. The molecule has 0 aliphatic rings. The molecule has 0 aliphatic heterocycles. The predicted octanol–water partition coefficient (Wildman–Crippen LogP) is 2.97. The van der Waals surface area contributed by atoms with Gasteiger partial charge in [0.2, 0.25) is 0 Å². The highest BCUT2D eigenvalue weighted by molar-refractivity contribution is 6.07. The number of halogens is 1. The van der Waals surface area contributed by atoms with Gasteiger partial charge in [0.25, 0.3) is 5.91 Å². The summed E-state index contributed by atoms with van der Waals surface area (Å²) in [5, 5.41) is 6.83. The van der Waals surface area contributed by atoms with Gasteiger partial charge in [-0.2, -0.15) is 5.10 Å². The normalized spacial score (nSPS) is 10.5. The highest BCUT2D eigenvalue weighted by atomic mass is 19.1. The number of carbonyl (C=O) groups excluding carboxylic acids is 1. The summed E-state index contributed by atoms with van der Waals surface area (Å²) in [6.07, 6.45) is 4.93. The molecule has 0 saturated carbocycles. The number of hydrogen-bond donors (Lipinski definition) is 1. The fourth-order valence-corrected chi connectivity index (χ4v) is 2.11. The Labute approximate surface area is 126 Å². The second-order valence-corrected chi connectivity index (χ2v) is 4.70. The molecule has 3 rings (SSSR count). The van der Waals surface area contributed by atoms with Gasteiger partial charge < -0.3 is 5.32 Å². The van der Waals surface area contributed by atoms with Gasteiger partial charge >= 0.3 is 0 Å². The van der Waals surface area contributed by atoms with Crippen LogP contribution in [0, 0.1) is 12.7 Å². The molecule has 6 heteroatoms. The zero-order valence-corrected chi connectivity index (χ0v) is 11.8. The number of anilines is 1. The summed E-state index contributed by atoms with van der Waals surface area (Å²) in [7, 11) is 0. The van der Waals surface area contributed by atoms with Gasteiger partial charge in [-0.05, 0) is 43.3 Å². The lowest BCUT2D eigenvalue weighted by Crippen LogP contribution is -2.16. The summed E-state index contributed by atoms with van der Waals surface area (Å²) in [6.45, 7) is 1.79. The predicted molar refractivity (Wildman–Crippen MR) is 80.4 cm³/mol. The zero-order valence-electron chi connectivity index (χ0n) is 11.8. The number of amides is 1. The van der Waals surface area contributed by atoms with Gasteiger partial charge in [-0.1, -0.05) is 0 Å². The zero-order chi connectivity index (χ0) is 15.5. The van der Waals surface area contributed by atoms with Crippen molar-refractivity contribution in [3.63, 3.8) is 0 Å². The van der Waals surface area contributed by atoms with Crippen molar-refractivity contribution in [3.05, 3.63) is 72.1 Å². The van der Waals surface area contributed by atoms with Gasteiger partial charge in [-0.15, -0.1) is 0 Å². The number of benzene rings is 1. The lowest BCUT2D eigenvalue weighted by Gasteiger charge is -2.11. The molecular weight excluding hydrogens is 283 g/mol. The van der Waals surface area contributed by atoms with Crippen LogP contribution in [0.3, 0.4) is 0 Å². The van der Waals surface area contributed by atoms with Gasteiger partial charge in [0, 0.05) is 18.6 Å². The smallest absolute Gasteiger partial charge is 0.258 e. The molecule has 5 nitrogen and oxygen atoms in total. The van der Waals surface area contributed by atoms with Crippen molar-refractivity contribution in [3.8, 4) is 5.69 Å². The molecule has 0 saturated heterocycles. The molecule has 0 unspecified atom stereocenters. The first-order valence-corrected chi connectivity index (χ1v) is 6.67. The summed E-state index contributed by atoms with van der Waals surface area (Å²) in [5.74, 6) is -0.898. The van der Waals surface area contributed by atoms with Crippen molar-refractivity contribution in [2.45, 2.75) is 6.92 Å². The molecule has 1 N–H and O–H groups in total. The lowest BCUT2D eigenvalue weighted by molar-refractivity contribution is 0.102. The van der Waals surface area contributed by atoms with Crippen LogP contribution in [0.1, 0.15) is 16.1 Å². The van der Waals surface area contributed by atoms with E-state index < -0.39 is 11.7 Å². The third-order valence-electron chi connectivity index (χ3n) is 3.21. The number of rotatable bonds is 3. The molecule has 0 bridgehead atoms. The van der Waals surface area contributed by atoms with Crippen LogP contribution in [0.15, 0.2) is 55.0 Å². The first-order valence-electron chi connectivity index (χ1n) is 6.67. The average molecular weight is 296 g/mol. The van der Waals surface area contributed by atoms with Crippen LogP contribution < -0.4 is 5.32 Å². The van der Waals surface area contributed by atoms with Crippen LogP contribution >= 0.6 is 0 Å². The van der Waals surface area contributed by atoms with E-state index in [9.17, 15) is 9.18 Å². The number of aryl methyl sites for hydroxylation is 1. The fourth-order valence-electron chi connectivity index (χ4n) is 2.11. The average Bonchev–Trinajstić information content (AvgIpc) is 3.03. The minimum absolute atomic E-state index is 0.201. The lowest BCUT2D eigenvalue weighted by atomic mass is 10.1. The van der Waals surface area contributed by atoms with Crippen LogP contribution in [-0.4, -0.2) is 20.7 Å². The highest BCUT2D eigenvalue weighted by Crippen LogP contribution is 2.18. The second-order valence-electron chi connectivity index (χ2n) is 4.70. The molecule has 1 aromatic carbocycles. The van der Waals surface area contributed by atoms with Crippen LogP contribution in [0.25, 0.3) is 5.69 Å². The Morgan fingerprint density at radius 2 is 2.09 bits per heavy atom. The van der Waals surface area contributed by atoms with E-state index in [-0.39, 0.29) is 5.56 Å². The Bertz CT molecular complexity index is 815. The van der Waals surface area contributed by atoms with Gasteiger partial charge in [-0.25, -0.2) is 9.07 Å². The highest BCUT2D eigenvalue weighted by Gasteiger charge is 2.15. The molecule has 2 heterocycles. The molecule has 0 spiro atoms. The third kappa shape index (κ3) is 2.71. The van der Waals surface area contributed by atoms with Crippen LogP contribution in [-0.2, 0) is 0 Å². The molecule has 110 valence electrons. The topological polar surface area (TPSA) is 59.8 Å². The Hall–Kier alpha value is -3.02. The number of hydrogen-bond acceptors (Lipinski definition) is 3. The first kappa shape index (κ1) is 13.9. The second kappa shape index (κ2) is 5.77. The van der Waals surface area contributed by atoms with Crippen LogP contribution in [0.4, 0.5) is 10.1 Å². The molecule has 3 aromatic rings. The molecule has 1 amide bonds. The van der Waals surface area contributed by atoms with Gasteiger partial charge in [0.05, 0.1) is 22.6 Å². The molecule has 0 aliphatic carbocycles. The maximum absolute atomic E-state index is 13.5. The van der Waals surface area contributed by atoms with Crippen molar-refractivity contribution in [1.82, 2.24) is 14.8 Å². The van der Waals surface area contributed by atoms with E-state index in [1.807, 2.05) is 0 Å². The summed E-state index contributed by atoms with van der Waals surface area (Å²) in [4.78, 5) is 16.6. The molecule has 0 fully saturated rings. The molecular formula is C16H13FN4O. The molecule has 2 aromatic heterocycles. The standard InChI is InChI=1S/C16H13FN4O/c1-11-14(4-2-7-18-11)20-16(22)13-10-12(17)5-6-15(13)21-9-3-8-19-21/h2-10H,1H3,(H,20,22). The summed E-state index contributed by atoms with van der Waals surface area (Å²) in [5.41, 5.74) is 1.98. The molecule has 0 atom stereocenters. The monoisotopic (exact) mass is 296 g/mol. The quantitative estimate of drug-likeness (QED) is 0.808. The number of pyridine rings is 1. The Balaban J connectivity index is 1.99. The van der Waals surface area contributed by atoms with Crippen LogP contribution in [0.5, 0.6) is 0 Å². The number of carbonyl (C=O) groups is 1. The largest absolute Gasteiger partial charge is 0.320 e. The fraction of sp³-hybridized carbons (Fsp3) is 0.0625. The van der Waals surface area contributed by atoms with Gasteiger partial charge in [-0.3, -0.25) is 9.78 Å². The number of aromatic nitrogens is 3. The Morgan fingerprint density at radius 3 is 2.82 bits per heavy atom. The molecule has 0 radical (unpaired) electrons. The summed E-state index contributed by atoms with van der Waals surface area (Å²) in [6, 6.07) is 9.21. The summed E-state index contributed by atoms with van der Waals surface area (Å²) >= 11 is 0. The SMILES string of the molecule is Cc1ncccc1NC(=O)c1cc(F)ccc1-n1cccn1. The summed E-state index contributed by atoms with van der Waals surface area (Å²) < 4.78 is 15.1. The van der Waals surface area contributed by atoms with Crippen molar-refractivity contribution in [2.75, 3.05) is 5.32 Å². The maximum atomic E-state index is 13.5.